The lowest BCUT2D eigenvalue weighted by molar-refractivity contribution is -0.143. The largest absolute Gasteiger partial charge is 0.466 e. The molecule has 0 aliphatic carbocycles. The van der Waals surface area contributed by atoms with Crippen LogP contribution in [0.4, 0.5) is 4.79 Å². The zero-order chi connectivity index (χ0) is 19.1. The predicted molar refractivity (Wildman–Crippen MR) is 102 cm³/mol. The summed E-state index contributed by atoms with van der Waals surface area (Å²) in [4.78, 5) is 28.6. The van der Waals surface area contributed by atoms with Crippen molar-refractivity contribution in [1.82, 2.24) is 14.1 Å². The maximum atomic E-state index is 11.8. The van der Waals surface area contributed by atoms with Crippen molar-refractivity contribution >= 4 is 41.4 Å². The minimum Gasteiger partial charge on any atom is -0.466 e. The van der Waals surface area contributed by atoms with Crippen molar-refractivity contribution in [1.29, 1.82) is 0 Å². The molecule has 146 valence electrons. The molecule has 0 atom stereocenters. The zero-order valence-electron chi connectivity index (χ0n) is 15.4. The summed E-state index contributed by atoms with van der Waals surface area (Å²) in [6.07, 6.45) is 1.71. The van der Waals surface area contributed by atoms with Gasteiger partial charge in [0, 0.05) is 38.9 Å². The number of amides is 1. The molecule has 0 saturated heterocycles. The van der Waals surface area contributed by atoms with E-state index < -0.39 is 6.09 Å². The van der Waals surface area contributed by atoms with E-state index in [1.165, 1.54) is 4.31 Å². The van der Waals surface area contributed by atoms with Gasteiger partial charge in [0.25, 0.3) is 0 Å². The number of nitrogens with zero attached hydrogens (tertiary/aromatic N) is 2. The van der Waals surface area contributed by atoms with Crippen LogP contribution in [0.5, 0.6) is 0 Å². The number of nitrogens with one attached hydrogen (secondary N) is 1. The van der Waals surface area contributed by atoms with E-state index in [1.807, 2.05) is 4.31 Å². The Kier molecular flexibility index (Phi) is 14.5. The Morgan fingerprint density at radius 1 is 1.20 bits per heavy atom. The molecule has 0 unspecified atom stereocenters. The Bertz CT molecular complexity index is 413. The third-order valence-corrected chi connectivity index (χ3v) is 3.85. The Balaban J connectivity index is 4.40. The first-order chi connectivity index (χ1) is 11.9. The van der Waals surface area contributed by atoms with Crippen LogP contribution in [0.25, 0.3) is 0 Å². The fourth-order valence-corrected chi connectivity index (χ4v) is 2.36. The molecule has 0 saturated carbocycles. The number of esters is 1. The fourth-order valence-electron chi connectivity index (χ4n) is 1.54. The molecule has 0 aliphatic rings. The summed E-state index contributed by atoms with van der Waals surface area (Å²) in [6.45, 7) is 8.01. The van der Waals surface area contributed by atoms with Crippen LogP contribution in [-0.2, 0) is 19.1 Å². The number of carbonyl (C=O) groups is 2. The zero-order valence-corrected chi connectivity index (χ0v) is 17.0. The topological polar surface area (TPSA) is 80.3 Å². The number of hydrogen-bond acceptors (Lipinski definition) is 8. The second-order valence-corrected chi connectivity index (χ2v) is 6.90. The summed E-state index contributed by atoms with van der Waals surface area (Å²) in [5.41, 5.74) is 2.34. The van der Waals surface area contributed by atoms with Gasteiger partial charge < -0.3 is 14.3 Å². The number of carbonyl (C=O) groups excluding carboxylic acids is 2. The van der Waals surface area contributed by atoms with E-state index in [0.29, 0.717) is 37.9 Å². The van der Waals surface area contributed by atoms with Crippen LogP contribution in [-0.4, -0.2) is 65.6 Å². The van der Waals surface area contributed by atoms with Gasteiger partial charge in [-0.2, -0.15) is 0 Å². The number of rotatable bonds is 12. The smallest absolute Gasteiger partial charge is 0.444 e. The van der Waals surface area contributed by atoms with Gasteiger partial charge in [0.05, 0.1) is 19.6 Å². The first kappa shape index (κ1) is 23.9. The molecule has 0 aromatic rings. The molecule has 0 rings (SSSR count). The van der Waals surface area contributed by atoms with Crippen LogP contribution in [0.1, 0.15) is 40.0 Å². The highest BCUT2D eigenvalue weighted by Crippen LogP contribution is 2.15. The van der Waals surface area contributed by atoms with E-state index in [4.69, 9.17) is 26.5 Å². The van der Waals surface area contributed by atoms with Crippen LogP contribution in [0.3, 0.4) is 0 Å². The normalized spacial score (nSPS) is 10.4. The first-order valence-corrected chi connectivity index (χ1v) is 9.42. The Morgan fingerprint density at radius 2 is 1.92 bits per heavy atom. The number of unbranched alkanes of at least 4 members (excludes halogenated alkanes) is 1. The molecular formula is C15H29N3O5S2. The van der Waals surface area contributed by atoms with Gasteiger partial charge in [0.1, 0.15) is 4.99 Å². The van der Waals surface area contributed by atoms with E-state index in [1.54, 1.807) is 20.9 Å². The highest BCUT2D eigenvalue weighted by molar-refractivity contribution is 7.95. The molecule has 0 heterocycles. The standard InChI is InChI=1S/C15H29N3O5S2/c1-5-7-11-21-12-10-18(9-8-14(19)22-6-2)25-17(4)15(20)23-16-13(3)24/h5-12H2,1-4H3,(H,16,24). The Labute approximate surface area is 159 Å². The minimum absolute atomic E-state index is 0.232. The summed E-state index contributed by atoms with van der Waals surface area (Å²) in [5.74, 6) is -0.275. The maximum absolute atomic E-state index is 11.8. The molecule has 0 aliphatic heterocycles. The van der Waals surface area contributed by atoms with Crippen LogP contribution >= 0.6 is 24.4 Å². The van der Waals surface area contributed by atoms with Crippen molar-refractivity contribution in [3.8, 4) is 0 Å². The SMILES string of the molecule is CCCCOCCN(CCC(=O)OCC)SN(C)C(=O)ONC(C)=S. The second-order valence-electron chi connectivity index (χ2n) is 5.06. The van der Waals surface area contributed by atoms with Crippen molar-refractivity contribution < 1.29 is 23.9 Å². The van der Waals surface area contributed by atoms with E-state index in [-0.39, 0.29) is 12.4 Å². The van der Waals surface area contributed by atoms with Gasteiger partial charge in [0.2, 0.25) is 0 Å². The maximum Gasteiger partial charge on any atom is 0.444 e. The van der Waals surface area contributed by atoms with Gasteiger partial charge in [-0.1, -0.05) is 25.6 Å². The molecule has 0 aromatic heterocycles. The number of hydrogen-bond donors (Lipinski definition) is 1. The van der Waals surface area contributed by atoms with Crippen molar-refractivity contribution in [3.63, 3.8) is 0 Å². The van der Waals surface area contributed by atoms with Gasteiger partial charge in [-0.3, -0.25) is 4.79 Å². The van der Waals surface area contributed by atoms with Gasteiger partial charge in [0.15, 0.2) is 0 Å². The van der Waals surface area contributed by atoms with Gasteiger partial charge in [-0.25, -0.2) is 18.9 Å². The van der Waals surface area contributed by atoms with Crippen molar-refractivity contribution in [3.05, 3.63) is 0 Å². The van der Waals surface area contributed by atoms with E-state index in [9.17, 15) is 9.59 Å². The molecule has 0 radical (unpaired) electrons. The molecule has 0 aromatic carbocycles. The lowest BCUT2D eigenvalue weighted by atomic mass is 10.4. The van der Waals surface area contributed by atoms with Gasteiger partial charge in [-0.15, -0.1) is 0 Å². The van der Waals surface area contributed by atoms with Gasteiger partial charge >= 0.3 is 12.1 Å². The molecule has 1 N–H and O–H groups in total. The van der Waals surface area contributed by atoms with Crippen LogP contribution in [0.2, 0.25) is 0 Å². The second kappa shape index (κ2) is 15.2. The lowest BCUT2D eigenvalue weighted by Gasteiger charge is -2.25. The summed E-state index contributed by atoms with van der Waals surface area (Å²) < 4.78 is 13.6. The summed E-state index contributed by atoms with van der Waals surface area (Å²) in [6, 6.07) is 0. The molecule has 0 bridgehead atoms. The molecule has 25 heavy (non-hydrogen) atoms. The van der Waals surface area contributed by atoms with Crippen LogP contribution in [0.15, 0.2) is 0 Å². The monoisotopic (exact) mass is 395 g/mol. The first-order valence-electron chi connectivity index (χ1n) is 8.28. The van der Waals surface area contributed by atoms with E-state index >= 15 is 0 Å². The third-order valence-electron chi connectivity index (χ3n) is 2.78. The lowest BCUT2D eigenvalue weighted by Crippen LogP contribution is -2.34. The average Bonchev–Trinajstić information content (AvgIpc) is 2.57. The predicted octanol–water partition coefficient (Wildman–Crippen LogP) is 2.54. The number of hydroxylamine groups is 1. The molecule has 1 amide bonds. The van der Waals surface area contributed by atoms with Gasteiger partial charge in [-0.05, 0) is 20.3 Å². The molecular weight excluding hydrogens is 366 g/mol. The number of ether oxygens (including phenoxy) is 2. The molecule has 0 fully saturated rings. The highest BCUT2D eigenvalue weighted by Gasteiger charge is 2.18. The molecule has 0 spiro atoms. The summed E-state index contributed by atoms with van der Waals surface area (Å²) in [7, 11) is 1.57. The Morgan fingerprint density at radius 3 is 2.52 bits per heavy atom. The van der Waals surface area contributed by atoms with Crippen LogP contribution < -0.4 is 5.48 Å². The molecule has 10 heteroatoms. The summed E-state index contributed by atoms with van der Waals surface area (Å²) in [5, 5.41) is 0. The average molecular weight is 396 g/mol. The van der Waals surface area contributed by atoms with Crippen LogP contribution in [0, 0.1) is 0 Å². The molecule has 8 nitrogen and oxygen atoms in total. The highest BCUT2D eigenvalue weighted by atomic mass is 32.2. The van der Waals surface area contributed by atoms with Crippen molar-refractivity contribution in [2.45, 2.75) is 40.0 Å². The minimum atomic E-state index is -0.595. The quantitative estimate of drug-likeness (QED) is 0.176. The third kappa shape index (κ3) is 13.8. The van der Waals surface area contributed by atoms with Crippen molar-refractivity contribution in [2.24, 2.45) is 0 Å². The number of thiocarbonyl (C=S) groups is 1. The fraction of sp³-hybridized carbons (Fsp3) is 0.800. The van der Waals surface area contributed by atoms with E-state index in [0.717, 1.165) is 25.0 Å². The van der Waals surface area contributed by atoms with E-state index in [2.05, 4.69) is 12.4 Å². The van der Waals surface area contributed by atoms with Crippen molar-refractivity contribution in [2.75, 3.05) is 40.0 Å². The summed E-state index contributed by atoms with van der Waals surface area (Å²) >= 11 is 5.93. The Hall–Kier alpha value is -1.10.